The van der Waals surface area contributed by atoms with Gasteiger partial charge < -0.3 is 54.8 Å². The Hall–Kier alpha value is -4.93. The summed E-state index contributed by atoms with van der Waals surface area (Å²) in [4.78, 5) is 69.9. The Bertz CT molecular complexity index is 1140. The topological polar surface area (TPSA) is 317 Å². The van der Waals surface area contributed by atoms with E-state index in [4.69, 9.17) is 28.7 Å². The van der Waals surface area contributed by atoms with Gasteiger partial charge in [0.05, 0.1) is 6.04 Å². The lowest BCUT2D eigenvalue weighted by Gasteiger charge is -2.25. The molecule has 238 valence electrons. The molecule has 0 heterocycles. The maximum atomic E-state index is 13.3. The number of benzene rings is 1. The highest BCUT2D eigenvalue weighted by atomic mass is 16.4. The third kappa shape index (κ3) is 15.6. The Balaban J connectivity index is 3.05. The van der Waals surface area contributed by atoms with E-state index in [1.165, 1.54) is 0 Å². The van der Waals surface area contributed by atoms with Gasteiger partial charge in [0.25, 0.3) is 0 Å². The van der Waals surface area contributed by atoms with Crippen LogP contribution in [0, 0.1) is 0 Å². The number of guanidine groups is 2. The van der Waals surface area contributed by atoms with Crippen LogP contribution in [0.1, 0.15) is 44.1 Å². The van der Waals surface area contributed by atoms with Gasteiger partial charge in [0.1, 0.15) is 18.1 Å². The zero-order valence-electron chi connectivity index (χ0n) is 23.8. The maximum Gasteiger partial charge on any atom is 0.326 e. The van der Waals surface area contributed by atoms with E-state index in [1.54, 1.807) is 30.3 Å². The number of carboxylic acids is 2. The van der Waals surface area contributed by atoms with Crippen LogP contribution in [-0.2, 0) is 30.4 Å². The first-order valence-corrected chi connectivity index (χ1v) is 13.6. The summed E-state index contributed by atoms with van der Waals surface area (Å²) < 4.78 is 0. The van der Waals surface area contributed by atoms with Crippen molar-refractivity contribution in [3.05, 3.63) is 35.9 Å². The first-order valence-electron chi connectivity index (χ1n) is 13.6. The first-order chi connectivity index (χ1) is 20.3. The second-order valence-corrected chi connectivity index (χ2v) is 9.65. The number of hydrogen-bond donors (Lipinski definition) is 10. The van der Waals surface area contributed by atoms with Gasteiger partial charge in [0.2, 0.25) is 17.7 Å². The maximum absolute atomic E-state index is 13.3. The van der Waals surface area contributed by atoms with E-state index in [0.29, 0.717) is 12.0 Å². The highest BCUT2D eigenvalue weighted by Gasteiger charge is 2.30. The fourth-order valence-corrected chi connectivity index (χ4v) is 3.83. The Labute approximate surface area is 248 Å². The van der Waals surface area contributed by atoms with Crippen LogP contribution in [0.25, 0.3) is 0 Å². The van der Waals surface area contributed by atoms with Gasteiger partial charge in [-0.1, -0.05) is 30.3 Å². The van der Waals surface area contributed by atoms with E-state index in [1.807, 2.05) is 0 Å². The largest absolute Gasteiger partial charge is 0.481 e. The molecule has 0 spiro atoms. The minimum Gasteiger partial charge on any atom is -0.481 e. The molecule has 0 aliphatic heterocycles. The molecule has 0 saturated carbocycles. The highest BCUT2D eigenvalue weighted by molar-refractivity contribution is 5.94. The van der Waals surface area contributed by atoms with Crippen molar-refractivity contribution in [1.82, 2.24) is 16.0 Å². The van der Waals surface area contributed by atoms with Crippen LogP contribution >= 0.6 is 0 Å². The van der Waals surface area contributed by atoms with Gasteiger partial charge in [-0.25, -0.2) is 4.79 Å². The van der Waals surface area contributed by atoms with E-state index in [9.17, 15) is 34.2 Å². The molecule has 1 rings (SSSR count). The summed E-state index contributed by atoms with van der Waals surface area (Å²) in [7, 11) is 0. The number of carbonyl (C=O) groups excluding carboxylic acids is 3. The summed E-state index contributed by atoms with van der Waals surface area (Å²) >= 11 is 0. The molecule has 0 aliphatic rings. The van der Waals surface area contributed by atoms with Crippen molar-refractivity contribution in [2.75, 3.05) is 13.1 Å². The number of aliphatic carboxylic acids is 2. The standard InChI is InChI=1S/C26H42N10O7/c27-16(8-4-12-32-25(28)29)21(39)34-17(9-5-13-33-26(30)31)22(40)35-18(10-11-20(37)38)23(41)36-19(24(42)43)14-15-6-2-1-3-7-15/h1-3,6-7,16-19H,4-5,8-14,27H2,(H,34,39)(H,35,40)(H,36,41)(H,37,38)(H,42,43)(H4,28,29,32)(H4,30,31,33). The van der Waals surface area contributed by atoms with Crippen LogP contribution in [0.3, 0.4) is 0 Å². The molecule has 17 nitrogen and oxygen atoms in total. The molecule has 3 amide bonds. The molecule has 0 aromatic heterocycles. The van der Waals surface area contributed by atoms with Gasteiger partial charge >= 0.3 is 11.9 Å². The number of aliphatic imine (C=N–C) groups is 2. The van der Waals surface area contributed by atoms with Crippen LogP contribution in [0.5, 0.6) is 0 Å². The lowest BCUT2D eigenvalue weighted by atomic mass is 10.0. The molecule has 0 bridgehead atoms. The summed E-state index contributed by atoms with van der Waals surface area (Å²) in [5, 5.41) is 26.2. The molecule has 15 N–H and O–H groups in total. The molecule has 4 atom stereocenters. The average Bonchev–Trinajstić information content (AvgIpc) is 2.94. The minimum absolute atomic E-state index is 0.0358. The fourth-order valence-electron chi connectivity index (χ4n) is 3.83. The Morgan fingerprint density at radius 3 is 1.70 bits per heavy atom. The Morgan fingerprint density at radius 2 is 1.19 bits per heavy atom. The Kier molecular flexibility index (Phi) is 16.1. The monoisotopic (exact) mass is 606 g/mol. The Morgan fingerprint density at radius 1 is 0.698 bits per heavy atom. The van der Waals surface area contributed by atoms with Crippen LogP contribution in [-0.4, -0.2) is 89.0 Å². The van der Waals surface area contributed by atoms with Crippen molar-refractivity contribution in [3.8, 4) is 0 Å². The van der Waals surface area contributed by atoms with Crippen molar-refractivity contribution in [2.24, 2.45) is 38.7 Å². The average molecular weight is 607 g/mol. The molecule has 1 aromatic rings. The number of rotatable bonds is 20. The predicted molar refractivity (Wildman–Crippen MR) is 158 cm³/mol. The number of carboxylic acid groups (broad SMARTS) is 2. The number of carbonyl (C=O) groups is 5. The van der Waals surface area contributed by atoms with E-state index in [-0.39, 0.29) is 57.1 Å². The summed E-state index contributed by atoms with van der Waals surface area (Å²) in [6, 6.07) is 3.56. The SMILES string of the molecule is NC(N)=NCCCC(N)C(=O)NC(CCCN=C(N)N)C(=O)NC(CCC(=O)O)C(=O)NC(Cc1ccccc1)C(=O)O. The molecular weight excluding hydrogens is 564 g/mol. The van der Waals surface area contributed by atoms with Crippen LogP contribution in [0.4, 0.5) is 0 Å². The van der Waals surface area contributed by atoms with Crippen LogP contribution < -0.4 is 44.6 Å². The first kappa shape index (κ1) is 36.1. The molecule has 4 unspecified atom stereocenters. The summed E-state index contributed by atoms with van der Waals surface area (Å²) in [5.41, 5.74) is 27.8. The third-order valence-corrected chi connectivity index (χ3v) is 6.06. The second kappa shape index (κ2) is 19.2. The number of nitrogens with one attached hydrogen (secondary N) is 3. The van der Waals surface area contributed by atoms with Crippen molar-refractivity contribution < 1.29 is 34.2 Å². The van der Waals surface area contributed by atoms with Gasteiger partial charge in [-0.05, 0) is 37.7 Å². The van der Waals surface area contributed by atoms with Crippen molar-refractivity contribution >= 4 is 41.6 Å². The molecule has 1 aromatic carbocycles. The second-order valence-electron chi connectivity index (χ2n) is 9.65. The van der Waals surface area contributed by atoms with Crippen molar-refractivity contribution in [3.63, 3.8) is 0 Å². The van der Waals surface area contributed by atoms with Crippen LogP contribution in [0.15, 0.2) is 40.3 Å². The van der Waals surface area contributed by atoms with Gasteiger partial charge in [-0.2, -0.15) is 0 Å². The van der Waals surface area contributed by atoms with E-state index in [2.05, 4.69) is 25.9 Å². The third-order valence-electron chi connectivity index (χ3n) is 6.06. The lowest BCUT2D eigenvalue weighted by molar-refractivity contribution is -0.143. The summed E-state index contributed by atoms with van der Waals surface area (Å²) in [6.07, 6.45) is -0.0214. The predicted octanol–water partition coefficient (Wildman–Crippen LogP) is -2.93. The number of nitrogens with zero attached hydrogens (tertiary/aromatic N) is 2. The van der Waals surface area contributed by atoms with Gasteiger partial charge in [0, 0.05) is 25.9 Å². The smallest absolute Gasteiger partial charge is 0.326 e. The van der Waals surface area contributed by atoms with Gasteiger partial charge in [0.15, 0.2) is 11.9 Å². The lowest BCUT2D eigenvalue weighted by Crippen LogP contribution is -2.57. The molecule has 0 fully saturated rings. The van der Waals surface area contributed by atoms with E-state index >= 15 is 0 Å². The van der Waals surface area contributed by atoms with Crippen molar-refractivity contribution in [2.45, 2.75) is 69.1 Å². The van der Waals surface area contributed by atoms with Crippen molar-refractivity contribution in [1.29, 1.82) is 0 Å². The molecular formula is C26H42N10O7. The number of hydrogen-bond acceptors (Lipinski definition) is 8. The van der Waals surface area contributed by atoms with Gasteiger partial charge in [-0.3, -0.25) is 29.2 Å². The molecule has 43 heavy (non-hydrogen) atoms. The number of amides is 3. The molecule has 0 radical (unpaired) electrons. The van der Waals surface area contributed by atoms with E-state index in [0.717, 1.165) is 0 Å². The quantitative estimate of drug-likeness (QED) is 0.0405. The zero-order chi connectivity index (χ0) is 32.4. The zero-order valence-corrected chi connectivity index (χ0v) is 23.8. The number of nitrogens with two attached hydrogens (primary N) is 5. The molecule has 0 aliphatic carbocycles. The van der Waals surface area contributed by atoms with Gasteiger partial charge in [-0.15, -0.1) is 0 Å². The summed E-state index contributed by atoms with van der Waals surface area (Å²) in [5.74, 6) is -5.20. The minimum atomic E-state index is -1.42. The normalized spacial score (nSPS) is 13.3. The molecule has 0 saturated heterocycles. The highest BCUT2D eigenvalue weighted by Crippen LogP contribution is 2.08. The summed E-state index contributed by atoms with van der Waals surface area (Å²) in [6.45, 7) is 0.378. The van der Waals surface area contributed by atoms with Crippen LogP contribution in [0.2, 0.25) is 0 Å². The van der Waals surface area contributed by atoms with E-state index < -0.39 is 60.2 Å². The molecule has 17 heteroatoms. The fraction of sp³-hybridized carbons (Fsp3) is 0.500.